The molecule has 68 valence electrons. The van der Waals surface area contributed by atoms with Crippen molar-refractivity contribution in [3.63, 3.8) is 0 Å². The van der Waals surface area contributed by atoms with Gasteiger partial charge < -0.3 is 10.0 Å². The highest BCUT2D eigenvalue weighted by atomic mass is 16.3. The summed E-state index contributed by atoms with van der Waals surface area (Å²) in [6.45, 7) is 8.97. The Labute approximate surface area is 70.2 Å². The molecule has 0 heterocycles. The molecule has 0 atom stereocenters. The van der Waals surface area contributed by atoms with Crippen molar-refractivity contribution in [2.24, 2.45) is 0 Å². The zero-order valence-electron chi connectivity index (χ0n) is 8.39. The highest BCUT2D eigenvalue weighted by Crippen LogP contribution is 2.08. The van der Waals surface area contributed by atoms with Gasteiger partial charge in [0.1, 0.15) is 0 Å². The van der Waals surface area contributed by atoms with Gasteiger partial charge in [-0.15, -0.1) is 0 Å². The molecule has 2 nitrogen and oxygen atoms in total. The third-order valence-electron chi connectivity index (χ3n) is 1.96. The van der Waals surface area contributed by atoms with Crippen molar-refractivity contribution in [3.8, 4) is 0 Å². The molecular formula is C9H21NO. The molecule has 1 N–H and O–H groups in total. The Kier molecular flexibility index (Phi) is 4.04. The lowest BCUT2D eigenvalue weighted by Crippen LogP contribution is -2.32. The van der Waals surface area contributed by atoms with Crippen LogP contribution in [0.3, 0.4) is 0 Å². The molecule has 0 unspecified atom stereocenters. The summed E-state index contributed by atoms with van der Waals surface area (Å²) in [5.41, 5.74) is -0.525. The van der Waals surface area contributed by atoms with E-state index in [0.717, 1.165) is 13.0 Å². The van der Waals surface area contributed by atoms with E-state index in [9.17, 15) is 5.11 Å². The van der Waals surface area contributed by atoms with Crippen LogP contribution in [0.4, 0.5) is 0 Å². The van der Waals surface area contributed by atoms with E-state index in [0.29, 0.717) is 6.04 Å². The first-order valence-corrected chi connectivity index (χ1v) is 4.25. The summed E-state index contributed by atoms with van der Waals surface area (Å²) in [4.78, 5) is 2.23. The lowest BCUT2D eigenvalue weighted by Gasteiger charge is -2.25. The smallest absolute Gasteiger partial charge is 0.0603 e. The number of hydrogen-bond acceptors (Lipinski definition) is 2. The molecule has 0 saturated heterocycles. The van der Waals surface area contributed by atoms with Crippen molar-refractivity contribution in [2.45, 2.75) is 45.8 Å². The minimum absolute atomic E-state index is 0.525. The molecule has 0 rings (SSSR count). The van der Waals surface area contributed by atoms with Crippen molar-refractivity contribution in [1.29, 1.82) is 0 Å². The van der Waals surface area contributed by atoms with Gasteiger partial charge in [0.05, 0.1) is 5.60 Å². The third kappa shape index (κ3) is 6.32. The van der Waals surface area contributed by atoms with Gasteiger partial charge in [0.2, 0.25) is 0 Å². The van der Waals surface area contributed by atoms with Gasteiger partial charge in [0, 0.05) is 12.6 Å². The molecular weight excluding hydrogens is 138 g/mol. The predicted octanol–water partition coefficient (Wildman–Crippen LogP) is 1.49. The van der Waals surface area contributed by atoms with E-state index >= 15 is 0 Å². The molecule has 0 spiro atoms. The summed E-state index contributed by atoms with van der Waals surface area (Å²) < 4.78 is 0. The molecule has 2 heteroatoms. The van der Waals surface area contributed by atoms with Crippen molar-refractivity contribution in [1.82, 2.24) is 4.90 Å². The Morgan fingerprint density at radius 1 is 1.36 bits per heavy atom. The molecule has 0 bridgehead atoms. The number of nitrogens with zero attached hydrogens (tertiary/aromatic N) is 1. The average Bonchev–Trinajstić information content (AvgIpc) is 1.80. The van der Waals surface area contributed by atoms with E-state index in [1.807, 2.05) is 13.8 Å². The van der Waals surface area contributed by atoms with E-state index in [1.165, 1.54) is 0 Å². The van der Waals surface area contributed by atoms with Gasteiger partial charge in [-0.3, -0.25) is 0 Å². The normalized spacial score (nSPS) is 13.1. The van der Waals surface area contributed by atoms with Gasteiger partial charge in [-0.2, -0.15) is 0 Å². The van der Waals surface area contributed by atoms with Crippen LogP contribution in [0.2, 0.25) is 0 Å². The lowest BCUT2D eigenvalue weighted by molar-refractivity contribution is 0.0575. The van der Waals surface area contributed by atoms with Gasteiger partial charge in [-0.05, 0) is 41.2 Å². The van der Waals surface area contributed by atoms with Crippen LogP contribution in [-0.2, 0) is 0 Å². The summed E-state index contributed by atoms with van der Waals surface area (Å²) in [5, 5.41) is 9.42. The van der Waals surface area contributed by atoms with Crippen molar-refractivity contribution in [3.05, 3.63) is 0 Å². The number of aliphatic hydroxyl groups is 1. The van der Waals surface area contributed by atoms with Crippen LogP contribution in [0.15, 0.2) is 0 Å². The molecule has 0 aromatic rings. The second-order valence-electron chi connectivity index (χ2n) is 4.14. The van der Waals surface area contributed by atoms with E-state index in [2.05, 4.69) is 25.8 Å². The SMILES string of the molecule is CC(C)N(C)CCC(C)(C)O. The van der Waals surface area contributed by atoms with Crippen LogP contribution in [0.5, 0.6) is 0 Å². The maximum Gasteiger partial charge on any atom is 0.0603 e. The molecule has 0 aromatic carbocycles. The van der Waals surface area contributed by atoms with Crippen LogP contribution in [0, 0.1) is 0 Å². The highest BCUT2D eigenvalue weighted by Gasteiger charge is 2.13. The topological polar surface area (TPSA) is 23.5 Å². The van der Waals surface area contributed by atoms with Crippen molar-refractivity contribution >= 4 is 0 Å². The minimum atomic E-state index is -0.525. The van der Waals surface area contributed by atoms with Crippen LogP contribution in [0.25, 0.3) is 0 Å². The number of rotatable bonds is 4. The second kappa shape index (κ2) is 4.07. The number of hydrogen-bond donors (Lipinski definition) is 1. The zero-order chi connectivity index (χ0) is 9.07. The van der Waals surface area contributed by atoms with Gasteiger partial charge in [0.15, 0.2) is 0 Å². The minimum Gasteiger partial charge on any atom is -0.390 e. The van der Waals surface area contributed by atoms with Gasteiger partial charge in [0.25, 0.3) is 0 Å². The molecule has 0 saturated carbocycles. The summed E-state index contributed by atoms with van der Waals surface area (Å²) in [6, 6.07) is 0.567. The first-order chi connectivity index (χ1) is 4.83. The van der Waals surface area contributed by atoms with E-state index in [1.54, 1.807) is 0 Å². The Bertz CT molecular complexity index is 105. The van der Waals surface area contributed by atoms with Crippen LogP contribution in [-0.4, -0.2) is 35.2 Å². The molecule has 0 aromatic heterocycles. The zero-order valence-corrected chi connectivity index (χ0v) is 8.39. The van der Waals surface area contributed by atoms with Gasteiger partial charge in [-0.1, -0.05) is 0 Å². The maximum atomic E-state index is 9.42. The third-order valence-corrected chi connectivity index (χ3v) is 1.96. The van der Waals surface area contributed by atoms with Crippen LogP contribution < -0.4 is 0 Å². The van der Waals surface area contributed by atoms with E-state index in [-0.39, 0.29) is 0 Å². The van der Waals surface area contributed by atoms with Crippen molar-refractivity contribution < 1.29 is 5.11 Å². The summed E-state index contributed by atoms with van der Waals surface area (Å²) >= 11 is 0. The van der Waals surface area contributed by atoms with E-state index < -0.39 is 5.60 Å². The monoisotopic (exact) mass is 159 g/mol. The van der Waals surface area contributed by atoms with Crippen molar-refractivity contribution in [2.75, 3.05) is 13.6 Å². The first-order valence-electron chi connectivity index (χ1n) is 4.25. The molecule has 11 heavy (non-hydrogen) atoms. The highest BCUT2D eigenvalue weighted by molar-refractivity contribution is 4.68. The first kappa shape index (κ1) is 10.9. The summed E-state index contributed by atoms with van der Waals surface area (Å²) in [7, 11) is 2.08. The molecule has 0 amide bonds. The maximum absolute atomic E-state index is 9.42. The van der Waals surface area contributed by atoms with Gasteiger partial charge in [-0.25, -0.2) is 0 Å². The average molecular weight is 159 g/mol. The fourth-order valence-corrected chi connectivity index (χ4v) is 0.708. The summed E-state index contributed by atoms with van der Waals surface area (Å²) in [6.07, 6.45) is 0.835. The van der Waals surface area contributed by atoms with Crippen LogP contribution in [0.1, 0.15) is 34.1 Å². The van der Waals surface area contributed by atoms with Crippen LogP contribution >= 0.6 is 0 Å². The molecule has 0 aliphatic carbocycles. The Hall–Kier alpha value is -0.0800. The standard InChI is InChI=1S/C9H21NO/c1-8(2)10(5)7-6-9(3,4)11/h8,11H,6-7H2,1-5H3. The Balaban J connectivity index is 3.54. The molecule has 0 fully saturated rings. The second-order valence-corrected chi connectivity index (χ2v) is 4.14. The van der Waals surface area contributed by atoms with Gasteiger partial charge >= 0.3 is 0 Å². The quantitative estimate of drug-likeness (QED) is 0.671. The Morgan fingerprint density at radius 2 is 1.82 bits per heavy atom. The largest absolute Gasteiger partial charge is 0.390 e. The lowest BCUT2D eigenvalue weighted by atomic mass is 10.1. The van der Waals surface area contributed by atoms with E-state index in [4.69, 9.17) is 0 Å². The Morgan fingerprint density at radius 3 is 2.09 bits per heavy atom. The predicted molar refractivity (Wildman–Crippen MR) is 48.7 cm³/mol. The summed E-state index contributed by atoms with van der Waals surface area (Å²) in [5.74, 6) is 0. The molecule has 0 aliphatic rings. The fraction of sp³-hybridized carbons (Fsp3) is 1.00. The molecule has 0 aliphatic heterocycles. The molecule has 0 radical (unpaired) electrons. The fourth-order valence-electron chi connectivity index (χ4n) is 0.708.